The number of carbonyl (C=O) groups is 1. The highest BCUT2D eigenvalue weighted by Crippen LogP contribution is 2.08. The first-order valence-corrected chi connectivity index (χ1v) is 2.73. The van der Waals surface area contributed by atoms with Crippen LogP contribution in [0.1, 0.15) is 0 Å². The Bertz CT molecular complexity index is 168. The third kappa shape index (κ3) is 2.88. The van der Waals surface area contributed by atoms with Gasteiger partial charge in [-0.1, -0.05) is 36.9 Å². The molecule has 0 unspecified atom stereocenters. The number of hydrogen-bond acceptors (Lipinski definition) is 1. The monoisotopic (exact) mass is 142 g/mol. The first-order valence-electron chi connectivity index (χ1n) is 2.35. The van der Waals surface area contributed by atoms with E-state index in [0.29, 0.717) is 11.9 Å². The largest absolute Gasteiger partial charge is 0.298 e. The summed E-state index contributed by atoms with van der Waals surface area (Å²) >= 11 is 5.38. The Kier molecular flexibility index (Phi) is 3.72. The summed E-state index contributed by atoms with van der Waals surface area (Å²) < 4.78 is 0. The number of carbonyl (C=O) groups excluding carboxylic acids is 1. The van der Waals surface area contributed by atoms with Crippen molar-refractivity contribution in [1.29, 1.82) is 0 Å². The maximum Gasteiger partial charge on any atom is 0.151 e. The molecule has 48 valence electrons. The Morgan fingerprint density at radius 2 is 2.11 bits per heavy atom. The molecule has 0 saturated heterocycles. The van der Waals surface area contributed by atoms with Gasteiger partial charge in [-0.3, -0.25) is 4.79 Å². The van der Waals surface area contributed by atoms with Crippen LogP contribution in [0.25, 0.3) is 0 Å². The van der Waals surface area contributed by atoms with E-state index in [0.717, 1.165) is 0 Å². The lowest BCUT2D eigenvalue weighted by Gasteiger charge is -1.88. The number of allylic oxidation sites excluding steroid dienone is 4. The quantitative estimate of drug-likeness (QED) is 0.335. The van der Waals surface area contributed by atoms with E-state index in [2.05, 4.69) is 13.2 Å². The van der Waals surface area contributed by atoms with Gasteiger partial charge in [0.15, 0.2) is 6.29 Å². The molecule has 0 aromatic carbocycles. The average Bonchev–Trinajstić information content (AvgIpc) is 1.82. The fraction of sp³-hybridized carbons (Fsp3) is 0. The summed E-state index contributed by atoms with van der Waals surface area (Å²) in [6.45, 7) is 6.76. The zero-order valence-electron chi connectivity index (χ0n) is 4.93. The van der Waals surface area contributed by atoms with Crippen LogP contribution in [0.4, 0.5) is 0 Å². The summed E-state index contributed by atoms with van der Waals surface area (Å²) in [5, 5.41) is 0.241. The zero-order chi connectivity index (χ0) is 7.28. The van der Waals surface area contributed by atoms with Crippen molar-refractivity contribution in [3.8, 4) is 0 Å². The Morgan fingerprint density at radius 1 is 1.56 bits per heavy atom. The van der Waals surface area contributed by atoms with Crippen LogP contribution in [0.2, 0.25) is 0 Å². The Hall–Kier alpha value is -0.820. The minimum absolute atomic E-state index is 0.241. The standard InChI is InChI=1S/C7H7ClO/c1-3-4-7(5-9)6(2)8/h3-5H,1-2H2/b7-4-. The maximum atomic E-state index is 10.1. The Labute approximate surface area is 59.3 Å². The van der Waals surface area contributed by atoms with Gasteiger partial charge in [0.25, 0.3) is 0 Å². The van der Waals surface area contributed by atoms with Gasteiger partial charge in [-0.15, -0.1) is 0 Å². The van der Waals surface area contributed by atoms with Crippen molar-refractivity contribution in [2.45, 2.75) is 0 Å². The van der Waals surface area contributed by atoms with Gasteiger partial charge in [-0.05, 0) is 0 Å². The van der Waals surface area contributed by atoms with Crippen LogP contribution in [0.15, 0.2) is 35.9 Å². The van der Waals surface area contributed by atoms with Gasteiger partial charge in [-0.2, -0.15) is 0 Å². The van der Waals surface area contributed by atoms with Gasteiger partial charge in [0.05, 0.1) is 0 Å². The van der Waals surface area contributed by atoms with Crippen molar-refractivity contribution in [2.24, 2.45) is 0 Å². The molecular formula is C7H7ClO. The van der Waals surface area contributed by atoms with Crippen molar-refractivity contribution >= 4 is 17.9 Å². The van der Waals surface area contributed by atoms with E-state index in [9.17, 15) is 4.79 Å². The van der Waals surface area contributed by atoms with Crippen molar-refractivity contribution in [2.75, 3.05) is 0 Å². The Balaban J connectivity index is 4.32. The normalized spacial score (nSPS) is 10.6. The molecule has 0 aromatic heterocycles. The SMILES string of the molecule is C=C/C=C(/C=O)C(=C)Cl. The Morgan fingerprint density at radius 3 is 2.22 bits per heavy atom. The molecule has 0 spiro atoms. The molecule has 9 heavy (non-hydrogen) atoms. The number of aldehydes is 1. The second kappa shape index (κ2) is 4.10. The van der Waals surface area contributed by atoms with Crippen molar-refractivity contribution in [3.63, 3.8) is 0 Å². The lowest BCUT2D eigenvalue weighted by Crippen LogP contribution is -1.80. The second-order valence-corrected chi connectivity index (χ2v) is 1.84. The summed E-state index contributed by atoms with van der Waals surface area (Å²) in [5.41, 5.74) is 0.367. The molecule has 0 amide bonds. The number of rotatable bonds is 3. The first kappa shape index (κ1) is 8.18. The molecule has 0 aliphatic carbocycles. The van der Waals surface area contributed by atoms with Gasteiger partial charge in [0, 0.05) is 10.6 Å². The van der Waals surface area contributed by atoms with Crippen LogP contribution in [-0.2, 0) is 4.79 Å². The van der Waals surface area contributed by atoms with E-state index in [1.165, 1.54) is 12.2 Å². The lowest BCUT2D eigenvalue weighted by atomic mass is 10.3. The molecule has 0 rings (SSSR count). The molecule has 0 fully saturated rings. The van der Waals surface area contributed by atoms with E-state index < -0.39 is 0 Å². The summed E-state index contributed by atoms with van der Waals surface area (Å²) in [7, 11) is 0. The molecule has 0 aromatic rings. The third-order valence-electron chi connectivity index (χ3n) is 0.738. The van der Waals surface area contributed by atoms with Gasteiger partial charge >= 0.3 is 0 Å². The fourth-order valence-corrected chi connectivity index (χ4v) is 0.428. The minimum atomic E-state index is 0.241. The predicted molar refractivity (Wildman–Crippen MR) is 39.3 cm³/mol. The smallest absolute Gasteiger partial charge is 0.151 e. The van der Waals surface area contributed by atoms with E-state index in [4.69, 9.17) is 11.6 Å². The third-order valence-corrected chi connectivity index (χ3v) is 0.956. The summed E-state index contributed by atoms with van der Waals surface area (Å²) in [6.07, 6.45) is 3.62. The fourth-order valence-electron chi connectivity index (χ4n) is 0.321. The van der Waals surface area contributed by atoms with E-state index in [1.807, 2.05) is 0 Å². The predicted octanol–water partition coefficient (Wildman–Crippen LogP) is 2.05. The first-order chi connectivity index (χ1) is 4.22. The molecule has 0 heterocycles. The van der Waals surface area contributed by atoms with Crippen LogP contribution >= 0.6 is 11.6 Å². The molecule has 0 bridgehead atoms. The molecule has 0 radical (unpaired) electrons. The van der Waals surface area contributed by atoms with E-state index >= 15 is 0 Å². The molecular weight excluding hydrogens is 136 g/mol. The second-order valence-electron chi connectivity index (χ2n) is 1.38. The summed E-state index contributed by atoms with van der Waals surface area (Å²) in [5.74, 6) is 0. The highest BCUT2D eigenvalue weighted by Gasteiger charge is 1.93. The highest BCUT2D eigenvalue weighted by atomic mass is 35.5. The zero-order valence-corrected chi connectivity index (χ0v) is 5.69. The summed E-state index contributed by atoms with van der Waals surface area (Å²) in [6, 6.07) is 0. The lowest BCUT2D eigenvalue weighted by molar-refractivity contribution is -0.104. The molecule has 0 N–H and O–H groups in total. The van der Waals surface area contributed by atoms with Gasteiger partial charge in [0.2, 0.25) is 0 Å². The molecule has 0 atom stereocenters. The van der Waals surface area contributed by atoms with Crippen molar-refractivity contribution < 1.29 is 4.79 Å². The van der Waals surface area contributed by atoms with Gasteiger partial charge < -0.3 is 0 Å². The van der Waals surface area contributed by atoms with Crippen LogP contribution in [-0.4, -0.2) is 6.29 Å². The van der Waals surface area contributed by atoms with E-state index in [-0.39, 0.29) is 5.03 Å². The molecule has 0 saturated carbocycles. The van der Waals surface area contributed by atoms with Crippen molar-refractivity contribution in [3.05, 3.63) is 35.9 Å². The minimum Gasteiger partial charge on any atom is -0.298 e. The van der Waals surface area contributed by atoms with Crippen LogP contribution in [0, 0.1) is 0 Å². The van der Waals surface area contributed by atoms with Crippen molar-refractivity contribution in [1.82, 2.24) is 0 Å². The summed E-state index contributed by atoms with van der Waals surface area (Å²) in [4.78, 5) is 10.1. The van der Waals surface area contributed by atoms with Gasteiger partial charge in [-0.25, -0.2) is 0 Å². The molecule has 1 nitrogen and oxygen atoms in total. The van der Waals surface area contributed by atoms with Crippen LogP contribution in [0.5, 0.6) is 0 Å². The number of halogens is 1. The molecule has 0 aliphatic heterocycles. The maximum absolute atomic E-state index is 10.1. The number of hydrogen-bond donors (Lipinski definition) is 0. The van der Waals surface area contributed by atoms with Crippen LogP contribution in [0.3, 0.4) is 0 Å². The molecule has 2 heteroatoms. The highest BCUT2D eigenvalue weighted by molar-refractivity contribution is 6.33. The van der Waals surface area contributed by atoms with Crippen LogP contribution < -0.4 is 0 Å². The molecule has 0 aliphatic rings. The topological polar surface area (TPSA) is 17.1 Å². The van der Waals surface area contributed by atoms with Gasteiger partial charge in [0.1, 0.15) is 0 Å². The van der Waals surface area contributed by atoms with E-state index in [1.54, 1.807) is 0 Å². The average molecular weight is 143 g/mol.